The number of ether oxygens (including phenoxy) is 1. The van der Waals surface area contributed by atoms with Gasteiger partial charge >= 0.3 is 0 Å². The average Bonchev–Trinajstić information content (AvgIpc) is 3.26. The molecule has 3 saturated heterocycles. The van der Waals surface area contributed by atoms with Crippen LogP contribution in [0.25, 0.3) is 0 Å². The molecule has 0 aromatic rings. The molecule has 8 nitrogen and oxygen atoms in total. The van der Waals surface area contributed by atoms with Crippen molar-refractivity contribution in [2.75, 3.05) is 33.3 Å². The van der Waals surface area contributed by atoms with Crippen molar-refractivity contribution in [3.8, 4) is 0 Å². The van der Waals surface area contributed by atoms with Crippen LogP contribution < -0.4 is 0 Å². The van der Waals surface area contributed by atoms with Gasteiger partial charge < -0.3 is 24.5 Å². The van der Waals surface area contributed by atoms with Gasteiger partial charge in [-0.05, 0) is 40.5 Å². The number of carbonyl (C=O) groups excluding carboxylic acids is 3. The van der Waals surface area contributed by atoms with Crippen molar-refractivity contribution in [2.24, 2.45) is 11.8 Å². The van der Waals surface area contributed by atoms with Crippen LogP contribution in [0.1, 0.15) is 40.5 Å². The largest absolute Gasteiger partial charge is 0.395 e. The van der Waals surface area contributed by atoms with Crippen LogP contribution in [0, 0.1) is 11.8 Å². The van der Waals surface area contributed by atoms with Crippen molar-refractivity contribution >= 4 is 17.7 Å². The third-order valence-corrected chi connectivity index (χ3v) is 7.28. The van der Waals surface area contributed by atoms with Crippen LogP contribution in [0.15, 0.2) is 25.3 Å². The summed E-state index contributed by atoms with van der Waals surface area (Å²) in [6, 6.07) is -0.893. The lowest BCUT2D eigenvalue weighted by molar-refractivity contribution is -0.156. The Balaban J connectivity index is 2.10. The van der Waals surface area contributed by atoms with Crippen LogP contribution in [0.2, 0.25) is 0 Å². The second kappa shape index (κ2) is 8.30. The maximum atomic E-state index is 14.0. The molecule has 0 aromatic heterocycles. The maximum Gasteiger partial charge on any atom is 0.249 e. The Labute approximate surface area is 190 Å². The summed E-state index contributed by atoms with van der Waals surface area (Å²) in [6.07, 6.45) is 4.40. The SMILES string of the molecule is C=CCN(C)C(=O)[C@H]1[C@H]2C(=O)N(CCO)C(C(=O)N(CC=C)C(C)(C)C)C23CC[C@]1(C)O3. The summed E-state index contributed by atoms with van der Waals surface area (Å²) in [7, 11) is 1.69. The lowest BCUT2D eigenvalue weighted by Crippen LogP contribution is -2.60. The molecular weight excluding hydrogens is 410 g/mol. The molecule has 0 radical (unpaired) electrons. The third-order valence-electron chi connectivity index (χ3n) is 7.28. The highest BCUT2D eigenvalue weighted by atomic mass is 16.5. The van der Waals surface area contributed by atoms with Gasteiger partial charge in [0.15, 0.2) is 0 Å². The van der Waals surface area contributed by atoms with Crippen molar-refractivity contribution in [1.29, 1.82) is 0 Å². The number of β-amino-alcohol motifs (C(OH)–C–C–N with tert-alkyl or cyclic N) is 1. The number of aliphatic hydroxyl groups excluding tert-OH is 1. The van der Waals surface area contributed by atoms with Crippen molar-refractivity contribution in [3.63, 3.8) is 0 Å². The quantitative estimate of drug-likeness (QED) is 0.565. The van der Waals surface area contributed by atoms with Gasteiger partial charge in [0.2, 0.25) is 17.7 Å². The van der Waals surface area contributed by atoms with Gasteiger partial charge in [-0.1, -0.05) is 12.2 Å². The Morgan fingerprint density at radius 2 is 1.84 bits per heavy atom. The van der Waals surface area contributed by atoms with E-state index < -0.39 is 34.6 Å². The summed E-state index contributed by atoms with van der Waals surface area (Å²) >= 11 is 0. The van der Waals surface area contributed by atoms with E-state index in [0.717, 1.165) is 0 Å². The van der Waals surface area contributed by atoms with Crippen LogP contribution in [-0.2, 0) is 19.1 Å². The second-order valence-corrected chi connectivity index (χ2v) is 10.4. The molecule has 3 aliphatic heterocycles. The van der Waals surface area contributed by atoms with Crippen molar-refractivity contribution in [2.45, 2.75) is 63.3 Å². The number of fused-ring (bicyclic) bond motifs is 1. The number of nitrogens with zero attached hydrogens (tertiary/aromatic N) is 3. The molecule has 32 heavy (non-hydrogen) atoms. The number of likely N-dealkylation sites (N-methyl/N-ethyl adjacent to an activating group) is 1. The molecule has 3 amide bonds. The third kappa shape index (κ3) is 3.48. The topological polar surface area (TPSA) is 90.4 Å². The van der Waals surface area contributed by atoms with Gasteiger partial charge in [-0.3, -0.25) is 14.4 Å². The Morgan fingerprint density at radius 3 is 2.38 bits per heavy atom. The van der Waals surface area contributed by atoms with Crippen LogP contribution in [-0.4, -0.2) is 93.6 Å². The molecule has 2 bridgehead atoms. The van der Waals surface area contributed by atoms with Crippen LogP contribution in [0.5, 0.6) is 0 Å². The van der Waals surface area contributed by atoms with Gasteiger partial charge in [0.25, 0.3) is 0 Å². The van der Waals surface area contributed by atoms with Gasteiger partial charge in [-0.2, -0.15) is 0 Å². The Hall–Kier alpha value is -2.19. The molecule has 3 heterocycles. The number of hydrogen-bond acceptors (Lipinski definition) is 5. The zero-order chi connectivity index (χ0) is 24.1. The zero-order valence-electron chi connectivity index (χ0n) is 20.0. The molecule has 8 heteroatoms. The van der Waals surface area contributed by atoms with E-state index in [9.17, 15) is 19.5 Å². The normalized spacial score (nSPS) is 33.2. The van der Waals surface area contributed by atoms with E-state index in [2.05, 4.69) is 13.2 Å². The standard InChI is InChI=1S/C24H37N3O5/c1-8-12-25(7)19(29)16-17-20(30)26(14-15-28)18(24(17)11-10-23(16,6)32-24)21(31)27(13-9-2)22(3,4)5/h8-9,16-18,28H,1-2,10-15H2,3-7H3/t16-,17+,18?,23+,24?/m1/s1. The van der Waals surface area contributed by atoms with E-state index in [1.54, 1.807) is 29.0 Å². The van der Waals surface area contributed by atoms with Crippen LogP contribution in [0.3, 0.4) is 0 Å². The van der Waals surface area contributed by atoms with E-state index >= 15 is 0 Å². The smallest absolute Gasteiger partial charge is 0.249 e. The highest BCUT2D eigenvalue weighted by Gasteiger charge is 2.78. The predicted octanol–water partition coefficient (Wildman–Crippen LogP) is 1.20. The van der Waals surface area contributed by atoms with E-state index in [1.807, 2.05) is 27.7 Å². The first-order valence-electron chi connectivity index (χ1n) is 11.3. The highest BCUT2D eigenvalue weighted by molar-refractivity contribution is 5.99. The zero-order valence-corrected chi connectivity index (χ0v) is 20.0. The van der Waals surface area contributed by atoms with Gasteiger partial charge in [-0.25, -0.2) is 0 Å². The lowest BCUT2D eigenvalue weighted by Gasteiger charge is -2.42. The summed E-state index contributed by atoms with van der Waals surface area (Å²) in [5, 5.41) is 9.70. The number of amides is 3. The van der Waals surface area contributed by atoms with Gasteiger partial charge in [0.05, 0.1) is 24.0 Å². The van der Waals surface area contributed by atoms with Crippen molar-refractivity contribution < 1.29 is 24.2 Å². The molecule has 0 saturated carbocycles. The van der Waals surface area contributed by atoms with Gasteiger partial charge in [-0.15, -0.1) is 13.2 Å². The number of hydrogen-bond donors (Lipinski definition) is 1. The van der Waals surface area contributed by atoms with Crippen molar-refractivity contribution in [1.82, 2.24) is 14.7 Å². The maximum absolute atomic E-state index is 14.0. The second-order valence-electron chi connectivity index (χ2n) is 10.4. The highest BCUT2D eigenvalue weighted by Crippen LogP contribution is 2.63. The van der Waals surface area contributed by atoms with Crippen molar-refractivity contribution in [3.05, 3.63) is 25.3 Å². The van der Waals surface area contributed by atoms with Gasteiger partial charge in [0, 0.05) is 32.2 Å². The summed E-state index contributed by atoms with van der Waals surface area (Å²) < 4.78 is 6.56. The average molecular weight is 448 g/mol. The number of likely N-dealkylation sites (tertiary alicyclic amines) is 1. The number of carbonyl (C=O) groups is 3. The summed E-state index contributed by atoms with van der Waals surface area (Å²) in [4.78, 5) is 45.8. The molecule has 0 aromatic carbocycles. The monoisotopic (exact) mass is 447 g/mol. The number of aliphatic hydroxyl groups is 1. The first-order chi connectivity index (χ1) is 14.9. The molecule has 1 spiro atoms. The number of rotatable bonds is 8. The minimum absolute atomic E-state index is 0.0169. The Kier molecular flexibility index (Phi) is 6.34. The fraction of sp³-hybridized carbons (Fsp3) is 0.708. The lowest BCUT2D eigenvalue weighted by atomic mass is 9.66. The van der Waals surface area contributed by atoms with E-state index in [1.165, 1.54) is 4.90 Å². The first-order valence-corrected chi connectivity index (χ1v) is 11.3. The molecule has 178 valence electrons. The summed E-state index contributed by atoms with van der Waals surface area (Å²) in [5.74, 6) is -2.15. The molecule has 3 aliphatic rings. The van der Waals surface area contributed by atoms with Crippen LogP contribution >= 0.6 is 0 Å². The molecule has 1 N–H and O–H groups in total. The molecule has 0 aliphatic carbocycles. The summed E-state index contributed by atoms with van der Waals surface area (Å²) in [6.45, 7) is 15.6. The fourth-order valence-corrected chi connectivity index (χ4v) is 5.92. The minimum atomic E-state index is -1.09. The fourth-order valence-electron chi connectivity index (χ4n) is 5.92. The molecule has 3 fully saturated rings. The Bertz CT molecular complexity index is 821. The van der Waals surface area contributed by atoms with E-state index in [-0.39, 0.29) is 30.9 Å². The molecular formula is C24H37N3O5. The molecule has 2 unspecified atom stereocenters. The minimum Gasteiger partial charge on any atom is -0.395 e. The van der Waals surface area contributed by atoms with Gasteiger partial charge in [0.1, 0.15) is 11.6 Å². The molecule has 3 rings (SSSR count). The van der Waals surface area contributed by atoms with E-state index in [4.69, 9.17) is 4.74 Å². The Morgan fingerprint density at radius 1 is 1.22 bits per heavy atom. The first kappa shape index (κ1) is 24.5. The predicted molar refractivity (Wildman–Crippen MR) is 121 cm³/mol. The van der Waals surface area contributed by atoms with E-state index in [0.29, 0.717) is 25.9 Å². The summed E-state index contributed by atoms with van der Waals surface area (Å²) in [5.41, 5.74) is -2.41. The van der Waals surface area contributed by atoms with Crippen LogP contribution in [0.4, 0.5) is 0 Å². The molecule has 5 atom stereocenters.